The van der Waals surface area contributed by atoms with Gasteiger partial charge in [-0.15, -0.1) is 0 Å². The summed E-state index contributed by atoms with van der Waals surface area (Å²) < 4.78 is 25.9. The van der Waals surface area contributed by atoms with E-state index in [9.17, 15) is 8.42 Å². The maximum atomic E-state index is 12.6. The van der Waals surface area contributed by atoms with Crippen LogP contribution in [0.2, 0.25) is 0 Å². The molecule has 21 heavy (non-hydrogen) atoms. The molecule has 1 saturated carbocycles. The van der Waals surface area contributed by atoms with E-state index in [2.05, 4.69) is 9.97 Å². The van der Waals surface area contributed by atoms with E-state index in [1.54, 1.807) is 31.3 Å². The summed E-state index contributed by atoms with van der Waals surface area (Å²) in [6, 6.07) is 8.20. The number of rotatable bonds is 4. The lowest BCUT2D eigenvalue weighted by molar-refractivity contribution is 0.597. The van der Waals surface area contributed by atoms with Crippen LogP contribution in [0.5, 0.6) is 0 Å². The van der Waals surface area contributed by atoms with Crippen LogP contribution in [0.25, 0.3) is 0 Å². The van der Waals surface area contributed by atoms with Gasteiger partial charge in [-0.25, -0.2) is 9.97 Å². The second-order valence-electron chi connectivity index (χ2n) is 5.03. The van der Waals surface area contributed by atoms with E-state index in [4.69, 9.17) is 11.8 Å². The molecule has 0 spiro atoms. The zero-order valence-electron chi connectivity index (χ0n) is 11.4. The Hall–Kier alpha value is -1.66. The number of sulfonamides is 1. The molecule has 110 valence electrons. The molecule has 1 aliphatic carbocycles. The van der Waals surface area contributed by atoms with Crippen molar-refractivity contribution in [1.29, 1.82) is 0 Å². The molecule has 1 heterocycles. The highest BCUT2D eigenvalue weighted by Gasteiger charge is 2.30. The van der Waals surface area contributed by atoms with Gasteiger partial charge in [0.05, 0.1) is 4.90 Å². The van der Waals surface area contributed by atoms with Crippen LogP contribution in [0, 0.1) is 6.92 Å². The van der Waals surface area contributed by atoms with Crippen molar-refractivity contribution in [3.63, 3.8) is 0 Å². The fourth-order valence-corrected chi connectivity index (χ4v) is 3.62. The van der Waals surface area contributed by atoms with Gasteiger partial charge in [-0.05, 0) is 31.4 Å². The molecule has 3 rings (SSSR count). The molecule has 1 fully saturated rings. The standard InChI is InChI=1S/C14H14ClN3O2S/c1-10-4-2-3-5-12(10)21(19,20)18(15)13-8-9-16-14(17-13)11-6-7-11/h2-5,8-9,11H,6-7H2,1H3. The fraction of sp³-hybridized carbons (Fsp3) is 0.286. The third-order valence-corrected chi connectivity index (χ3v) is 5.71. The first-order valence-electron chi connectivity index (χ1n) is 6.60. The molecule has 0 bridgehead atoms. The highest BCUT2D eigenvalue weighted by atomic mass is 35.5. The second kappa shape index (κ2) is 5.27. The Kier molecular flexibility index (Phi) is 3.59. The quantitative estimate of drug-likeness (QED) is 0.811. The summed E-state index contributed by atoms with van der Waals surface area (Å²) in [6.07, 6.45) is 3.62. The SMILES string of the molecule is Cc1ccccc1S(=O)(=O)N(Cl)c1ccnc(C2CC2)n1. The van der Waals surface area contributed by atoms with Gasteiger partial charge in [0.25, 0.3) is 10.0 Å². The molecule has 7 heteroatoms. The van der Waals surface area contributed by atoms with Crippen molar-refractivity contribution in [3.05, 3.63) is 47.9 Å². The summed E-state index contributed by atoms with van der Waals surface area (Å²) in [5, 5.41) is 0. The summed E-state index contributed by atoms with van der Waals surface area (Å²) in [7, 11) is -3.84. The lowest BCUT2D eigenvalue weighted by atomic mass is 10.2. The monoisotopic (exact) mass is 323 g/mol. The van der Waals surface area contributed by atoms with Crippen LogP contribution in [0.1, 0.15) is 30.1 Å². The van der Waals surface area contributed by atoms with Crippen molar-refractivity contribution in [3.8, 4) is 0 Å². The third-order valence-electron chi connectivity index (χ3n) is 3.36. The Bertz CT molecular complexity index is 775. The first-order valence-corrected chi connectivity index (χ1v) is 8.37. The highest BCUT2D eigenvalue weighted by molar-refractivity contribution is 7.94. The fourth-order valence-electron chi connectivity index (χ4n) is 2.06. The number of nitrogens with zero attached hydrogens (tertiary/aromatic N) is 3. The Morgan fingerprint density at radius 1 is 1.24 bits per heavy atom. The van der Waals surface area contributed by atoms with Crippen LogP contribution in [0.15, 0.2) is 41.4 Å². The van der Waals surface area contributed by atoms with Gasteiger partial charge in [-0.3, -0.25) is 0 Å². The van der Waals surface area contributed by atoms with E-state index in [1.165, 1.54) is 12.1 Å². The van der Waals surface area contributed by atoms with Crippen molar-refractivity contribution < 1.29 is 8.42 Å². The Morgan fingerprint density at radius 3 is 2.62 bits per heavy atom. The van der Waals surface area contributed by atoms with Gasteiger partial charge in [0.1, 0.15) is 5.82 Å². The van der Waals surface area contributed by atoms with Crippen molar-refractivity contribution in [2.45, 2.75) is 30.6 Å². The van der Waals surface area contributed by atoms with Crippen molar-refractivity contribution in [2.24, 2.45) is 0 Å². The minimum atomic E-state index is -3.84. The molecule has 0 amide bonds. The number of aromatic nitrogens is 2. The zero-order chi connectivity index (χ0) is 15.0. The number of halogens is 1. The van der Waals surface area contributed by atoms with Crippen LogP contribution >= 0.6 is 11.8 Å². The number of anilines is 1. The normalized spacial score (nSPS) is 15.0. The molecule has 1 aromatic carbocycles. The molecular weight excluding hydrogens is 310 g/mol. The molecule has 0 radical (unpaired) electrons. The smallest absolute Gasteiger partial charge is 0.241 e. The van der Waals surface area contributed by atoms with E-state index in [-0.39, 0.29) is 10.7 Å². The van der Waals surface area contributed by atoms with Gasteiger partial charge >= 0.3 is 0 Å². The minimum absolute atomic E-state index is 0.173. The minimum Gasteiger partial charge on any atom is -0.241 e. The molecule has 5 nitrogen and oxygen atoms in total. The maximum absolute atomic E-state index is 12.6. The highest BCUT2D eigenvalue weighted by Crippen LogP contribution is 2.38. The topological polar surface area (TPSA) is 63.2 Å². The predicted octanol–water partition coefficient (Wildman–Crippen LogP) is 3.01. The van der Waals surface area contributed by atoms with Crippen LogP contribution < -0.4 is 3.82 Å². The summed E-state index contributed by atoms with van der Waals surface area (Å²) in [6.45, 7) is 1.73. The van der Waals surface area contributed by atoms with E-state index in [1.807, 2.05) is 0 Å². The van der Waals surface area contributed by atoms with Gasteiger partial charge in [0.2, 0.25) is 0 Å². The molecule has 0 atom stereocenters. The zero-order valence-corrected chi connectivity index (χ0v) is 13.0. The van der Waals surface area contributed by atoms with E-state index < -0.39 is 10.0 Å². The predicted molar refractivity (Wildman–Crippen MR) is 80.7 cm³/mol. The summed E-state index contributed by atoms with van der Waals surface area (Å²) in [5.41, 5.74) is 0.639. The van der Waals surface area contributed by atoms with Gasteiger partial charge in [0.15, 0.2) is 5.82 Å². The average molecular weight is 324 g/mol. The number of hydrogen-bond donors (Lipinski definition) is 0. The molecule has 0 unspecified atom stereocenters. The number of hydrogen-bond acceptors (Lipinski definition) is 4. The van der Waals surface area contributed by atoms with Crippen LogP contribution in [0.3, 0.4) is 0 Å². The molecule has 1 aromatic heterocycles. The lowest BCUT2D eigenvalue weighted by Crippen LogP contribution is -2.23. The third kappa shape index (κ3) is 2.73. The Morgan fingerprint density at radius 2 is 1.95 bits per heavy atom. The largest absolute Gasteiger partial charge is 0.279 e. The van der Waals surface area contributed by atoms with Crippen LogP contribution in [0.4, 0.5) is 5.82 Å². The van der Waals surface area contributed by atoms with Crippen molar-refractivity contribution >= 4 is 27.6 Å². The molecule has 0 saturated heterocycles. The molecular formula is C14H14ClN3O2S. The number of benzene rings is 1. The first kappa shape index (κ1) is 14.3. The van der Waals surface area contributed by atoms with Gasteiger partial charge in [-0.2, -0.15) is 12.2 Å². The van der Waals surface area contributed by atoms with Crippen LogP contribution in [-0.2, 0) is 10.0 Å². The Labute approximate surface area is 128 Å². The van der Waals surface area contributed by atoms with Crippen LogP contribution in [-0.4, -0.2) is 18.4 Å². The van der Waals surface area contributed by atoms with E-state index >= 15 is 0 Å². The Balaban J connectivity index is 1.99. The van der Waals surface area contributed by atoms with Gasteiger partial charge in [-0.1, -0.05) is 18.2 Å². The van der Waals surface area contributed by atoms with E-state index in [0.29, 0.717) is 21.1 Å². The number of aryl methyl sites for hydroxylation is 1. The second-order valence-corrected chi connectivity index (χ2v) is 7.33. The van der Waals surface area contributed by atoms with Crippen molar-refractivity contribution in [1.82, 2.24) is 9.97 Å². The summed E-state index contributed by atoms with van der Waals surface area (Å²) >= 11 is 6.06. The maximum Gasteiger partial charge on any atom is 0.279 e. The van der Waals surface area contributed by atoms with Gasteiger partial charge < -0.3 is 0 Å². The molecule has 0 aliphatic heterocycles. The summed E-state index contributed by atoms with van der Waals surface area (Å²) in [4.78, 5) is 8.60. The van der Waals surface area contributed by atoms with Gasteiger partial charge in [0, 0.05) is 30.0 Å². The molecule has 0 N–H and O–H groups in total. The molecule has 1 aliphatic rings. The average Bonchev–Trinajstić information content (AvgIpc) is 3.31. The van der Waals surface area contributed by atoms with E-state index in [0.717, 1.165) is 12.8 Å². The lowest BCUT2D eigenvalue weighted by Gasteiger charge is -2.16. The van der Waals surface area contributed by atoms with Crippen molar-refractivity contribution in [2.75, 3.05) is 3.82 Å². The molecule has 2 aromatic rings. The summed E-state index contributed by atoms with van der Waals surface area (Å²) in [5.74, 6) is 1.16. The first-order chi connectivity index (χ1) is 10.00.